The Morgan fingerprint density at radius 1 is 0.964 bits per heavy atom. The van der Waals surface area contributed by atoms with Crippen LogP contribution in [0.5, 0.6) is 0 Å². The number of nitrogens with two attached hydrogens (primary N) is 1. The highest BCUT2D eigenvalue weighted by Crippen LogP contribution is 2.20. The SMILES string of the molecule is CN1CCN(c2ccc(NCc3nccc(-c4ccc(N)nc4)n3)cc2)CC1. The van der Waals surface area contributed by atoms with Crippen molar-refractivity contribution in [2.75, 3.05) is 49.2 Å². The van der Waals surface area contributed by atoms with Gasteiger partial charge in [0.15, 0.2) is 0 Å². The molecule has 1 aliphatic rings. The minimum Gasteiger partial charge on any atom is -0.384 e. The molecule has 0 atom stereocenters. The van der Waals surface area contributed by atoms with Crippen LogP contribution in [0.3, 0.4) is 0 Å². The molecular formula is C21H25N7. The Labute approximate surface area is 165 Å². The van der Waals surface area contributed by atoms with Crippen LogP contribution in [-0.2, 0) is 6.54 Å². The maximum Gasteiger partial charge on any atom is 0.147 e. The topological polar surface area (TPSA) is 83.2 Å². The summed E-state index contributed by atoms with van der Waals surface area (Å²) in [5, 5.41) is 3.40. The van der Waals surface area contributed by atoms with Crippen molar-refractivity contribution in [2.45, 2.75) is 6.54 Å². The van der Waals surface area contributed by atoms with Gasteiger partial charge in [-0.05, 0) is 49.5 Å². The quantitative estimate of drug-likeness (QED) is 0.709. The predicted molar refractivity (Wildman–Crippen MR) is 113 cm³/mol. The molecule has 3 aromatic rings. The number of rotatable bonds is 5. The van der Waals surface area contributed by atoms with Gasteiger partial charge in [0.1, 0.15) is 11.6 Å². The van der Waals surface area contributed by atoms with Crippen molar-refractivity contribution in [1.82, 2.24) is 19.9 Å². The van der Waals surface area contributed by atoms with E-state index in [0.29, 0.717) is 12.4 Å². The fourth-order valence-corrected chi connectivity index (χ4v) is 3.24. The van der Waals surface area contributed by atoms with Crippen molar-refractivity contribution in [2.24, 2.45) is 0 Å². The number of benzene rings is 1. The minimum absolute atomic E-state index is 0.500. The maximum absolute atomic E-state index is 5.65. The molecule has 0 saturated carbocycles. The Bertz CT molecular complexity index is 901. The number of nitrogen functional groups attached to an aromatic ring is 1. The van der Waals surface area contributed by atoms with Crippen LogP contribution in [-0.4, -0.2) is 53.1 Å². The van der Waals surface area contributed by atoms with E-state index < -0.39 is 0 Å². The van der Waals surface area contributed by atoms with Crippen molar-refractivity contribution in [3.8, 4) is 11.3 Å². The third-order valence-electron chi connectivity index (χ3n) is 4.97. The largest absolute Gasteiger partial charge is 0.384 e. The molecule has 1 aromatic carbocycles. The predicted octanol–water partition coefficient (Wildman–Crippen LogP) is 2.48. The number of hydrogen-bond acceptors (Lipinski definition) is 7. The van der Waals surface area contributed by atoms with Gasteiger partial charge in [0.05, 0.1) is 12.2 Å². The first-order chi connectivity index (χ1) is 13.7. The Kier molecular flexibility index (Phi) is 5.34. The number of nitrogens with zero attached hydrogens (tertiary/aromatic N) is 5. The molecule has 3 N–H and O–H groups in total. The van der Waals surface area contributed by atoms with Gasteiger partial charge < -0.3 is 20.9 Å². The number of likely N-dealkylation sites (N-methyl/N-ethyl adjacent to an activating group) is 1. The minimum atomic E-state index is 0.500. The lowest BCUT2D eigenvalue weighted by Gasteiger charge is -2.34. The molecule has 0 spiro atoms. The van der Waals surface area contributed by atoms with Crippen LogP contribution in [0.4, 0.5) is 17.2 Å². The summed E-state index contributed by atoms with van der Waals surface area (Å²) in [4.78, 5) is 17.9. The molecule has 1 fully saturated rings. The highest BCUT2D eigenvalue weighted by molar-refractivity contribution is 5.59. The summed E-state index contributed by atoms with van der Waals surface area (Å²) in [6, 6.07) is 14.1. The lowest BCUT2D eigenvalue weighted by Crippen LogP contribution is -2.44. The molecule has 0 unspecified atom stereocenters. The zero-order valence-electron chi connectivity index (χ0n) is 16.0. The molecule has 0 radical (unpaired) electrons. The average molecular weight is 375 g/mol. The van der Waals surface area contributed by atoms with E-state index in [2.05, 4.69) is 61.4 Å². The summed E-state index contributed by atoms with van der Waals surface area (Å²) in [5.74, 6) is 1.23. The van der Waals surface area contributed by atoms with Crippen LogP contribution in [0.15, 0.2) is 54.9 Å². The van der Waals surface area contributed by atoms with Crippen molar-refractivity contribution >= 4 is 17.2 Å². The van der Waals surface area contributed by atoms with Crippen LogP contribution >= 0.6 is 0 Å². The van der Waals surface area contributed by atoms with E-state index >= 15 is 0 Å². The van der Waals surface area contributed by atoms with Gasteiger partial charge in [-0.25, -0.2) is 15.0 Å². The van der Waals surface area contributed by atoms with Gasteiger partial charge in [0.25, 0.3) is 0 Å². The van der Waals surface area contributed by atoms with E-state index in [0.717, 1.165) is 48.9 Å². The fraction of sp³-hybridized carbons (Fsp3) is 0.286. The first-order valence-electron chi connectivity index (χ1n) is 9.49. The van der Waals surface area contributed by atoms with Gasteiger partial charge in [-0.1, -0.05) is 0 Å². The van der Waals surface area contributed by atoms with Crippen molar-refractivity contribution in [3.05, 3.63) is 60.7 Å². The number of piperazine rings is 1. The van der Waals surface area contributed by atoms with Crippen LogP contribution in [0.1, 0.15) is 5.82 Å². The highest BCUT2D eigenvalue weighted by atomic mass is 15.2. The summed E-state index contributed by atoms with van der Waals surface area (Å²) in [5.41, 5.74) is 9.74. The molecule has 0 bridgehead atoms. The fourth-order valence-electron chi connectivity index (χ4n) is 3.24. The van der Waals surface area contributed by atoms with E-state index in [-0.39, 0.29) is 0 Å². The first kappa shape index (κ1) is 18.2. The summed E-state index contributed by atoms with van der Waals surface area (Å²) in [6.45, 7) is 4.92. The first-order valence-corrected chi connectivity index (χ1v) is 9.49. The van der Waals surface area contributed by atoms with Crippen LogP contribution < -0.4 is 16.0 Å². The number of hydrogen-bond donors (Lipinski definition) is 2. The molecule has 28 heavy (non-hydrogen) atoms. The monoisotopic (exact) mass is 375 g/mol. The average Bonchev–Trinajstić information content (AvgIpc) is 2.74. The number of aromatic nitrogens is 3. The molecule has 0 aliphatic carbocycles. The normalized spacial score (nSPS) is 14.8. The Balaban J connectivity index is 1.38. The molecule has 7 nitrogen and oxygen atoms in total. The second-order valence-corrected chi connectivity index (χ2v) is 7.02. The summed E-state index contributed by atoms with van der Waals surface area (Å²) >= 11 is 0. The molecular weight excluding hydrogens is 350 g/mol. The molecule has 2 aromatic heterocycles. The molecule has 0 amide bonds. The van der Waals surface area contributed by atoms with Crippen molar-refractivity contribution in [3.63, 3.8) is 0 Å². The van der Waals surface area contributed by atoms with E-state index in [1.807, 2.05) is 12.1 Å². The van der Waals surface area contributed by atoms with E-state index in [4.69, 9.17) is 5.73 Å². The summed E-state index contributed by atoms with van der Waals surface area (Å²) < 4.78 is 0. The summed E-state index contributed by atoms with van der Waals surface area (Å²) in [7, 11) is 2.17. The maximum atomic E-state index is 5.65. The molecule has 7 heteroatoms. The van der Waals surface area contributed by atoms with E-state index in [9.17, 15) is 0 Å². The Hall–Kier alpha value is -3.19. The van der Waals surface area contributed by atoms with Gasteiger partial charge in [-0.15, -0.1) is 0 Å². The van der Waals surface area contributed by atoms with E-state index in [1.165, 1.54) is 5.69 Å². The van der Waals surface area contributed by atoms with E-state index in [1.54, 1.807) is 18.5 Å². The van der Waals surface area contributed by atoms with Gasteiger partial charge in [0, 0.05) is 55.5 Å². The zero-order valence-corrected chi connectivity index (χ0v) is 16.0. The number of nitrogens with one attached hydrogen (secondary N) is 1. The molecule has 4 rings (SSSR count). The van der Waals surface area contributed by atoms with Crippen LogP contribution in [0, 0.1) is 0 Å². The van der Waals surface area contributed by atoms with Crippen molar-refractivity contribution in [1.29, 1.82) is 0 Å². The highest BCUT2D eigenvalue weighted by Gasteiger charge is 2.13. The summed E-state index contributed by atoms with van der Waals surface area (Å²) in [6.07, 6.45) is 3.50. The standard InChI is InChI=1S/C21H25N7/c1-27-10-12-28(13-11-27)18-5-3-17(4-6-18)24-15-21-23-9-8-19(26-21)16-2-7-20(22)25-14-16/h2-9,14,24H,10-13,15H2,1H3,(H2,22,25). The molecule has 3 heterocycles. The van der Waals surface area contributed by atoms with Gasteiger partial charge in [-0.3, -0.25) is 0 Å². The third-order valence-corrected chi connectivity index (χ3v) is 4.97. The lowest BCUT2D eigenvalue weighted by molar-refractivity contribution is 0.313. The van der Waals surface area contributed by atoms with Crippen LogP contribution in [0.2, 0.25) is 0 Å². The second-order valence-electron chi connectivity index (χ2n) is 7.02. The number of anilines is 3. The van der Waals surface area contributed by atoms with Gasteiger partial charge in [0.2, 0.25) is 0 Å². The zero-order chi connectivity index (χ0) is 19.3. The smallest absolute Gasteiger partial charge is 0.147 e. The molecule has 1 aliphatic heterocycles. The number of pyridine rings is 1. The van der Waals surface area contributed by atoms with Gasteiger partial charge >= 0.3 is 0 Å². The van der Waals surface area contributed by atoms with Crippen LogP contribution in [0.25, 0.3) is 11.3 Å². The Morgan fingerprint density at radius 2 is 1.75 bits per heavy atom. The van der Waals surface area contributed by atoms with Gasteiger partial charge in [-0.2, -0.15) is 0 Å². The molecule has 1 saturated heterocycles. The molecule has 144 valence electrons. The second kappa shape index (κ2) is 8.22. The lowest BCUT2D eigenvalue weighted by atomic mass is 10.2. The third kappa shape index (κ3) is 4.37. The van der Waals surface area contributed by atoms with Crippen molar-refractivity contribution < 1.29 is 0 Å². The Morgan fingerprint density at radius 3 is 2.46 bits per heavy atom.